The predicted molar refractivity (Wildman–Crippen MR) is 147 cm³/mol. The first-order valence-corrected chi connectivity index (χ1v) is 12.4. The first kappa shape index (κ1) is 26.7. The first-order chi connectivity index (χ1) is 18.3. The minimum Gasteiger partial charge on any atom is -0.490 e. The molecule has 4 amide bonds. The molecule has 0 unspecified atom stereocenters. The molecule has 38 heavy (non-hydrogen) atoms. The van der Waals surface area contributed by atoms with Gasteiger partial charge in [-0.05, 0) is 67.3 Å². The Balaban J connectivity index is 1.74. The quantitative estimate of drug-likeness (QED) is 0.208. The number of amides is 4. The van der Waals surface area contributed by atoms with Gasteiger partial charge in [-0.2, -0.15) is 0 Å². The normalized spacial score (nSPS) is 14.4. The van der Waals surface area contributed by atoms with Gasteiger partial charge in [0, 0.05) is 10.6 Å². The SMILES string of the molecule is C=CCc1cc(/C=C2\C(=O)NC(=O)N(c3cc(Cl)ccc3C)C2=O)cc(OCC)c1OCc1ccccc1. The molecule has 4 rings (SSSR count). The summed E-state index contributed by atoms with van der Waals surface area (Å²) >= 11 is 6.12. The summed E-state index contributed by atoms with van der Waals surface area (Å²) in [6.07, 6.45) is 3.64. The van der Waals surface area contributed by atoms with Crippen molar-refractivity contribution >= 4 is 41.2 Å². The Hall–Kier alpha value is -4.36. The van der Waals surface area contributed by atoms with Crippen molar-refractivity contribution in [3.8, 4) is 11.5 Å². The Bertz CT molecular complexity index is 1430. The van der Waals surface area contributed by atoms with Gasteiger partial charge in [-0.3, -0.25) is 14.9 Å². The van der Waals surface area contributed by atoms with Crippen LogP contribution < -0.4 is 19.7 Å². The van der Waals surface area contributed by atoms with Crippen LogP contribution in [-0.4, -0.2) is 24.5 Å². The van der Waals surface area contributed by atoms with E-state index in [0.29, 0.717) is 53.0 Å². The van der Waals surface area contributed by atoms with Gasteiger partial charge in [-0.1, -0.05) is 54.1 Å². The van der Waals surface area contributed by atoms with E-state index in [1.807, 2.05) is 43.3 Å². The molecule has 1 N–H and O–H groups in total. The topological polar surface area (TPSA) is 84.9 Å². The minimum absolute atomic E-state index is 0.200. The summed E-state index contributed by atoms with van der Waals surface area (Å²) in [5, 5.41) is 2.61. The molecule has 1 saturated heterocycles. The van der Waals surface area contributed by atoms with E-state index in [1.165, 1.54) is 12.1 Å². The highest BCUT2D eigenvalue weighted by atomic mass is 35.5. The summed E-state index contributed by atoms with van der Waals surface area (Å²) in [7, 11) is 0. The van der Waals surface area contributed by atoms with E-state index in [-0.39, 0.29) is 5.57 Å². The van der Waals surface area contributed by atoms with E-state index in [2.05, 4.69) is 11.9 Å². The molecule has 0 aromatic heterocycles. The van der Waals surface area contributed by atoms with E-state index in [0.717, 1.165) is 16.0 Å². The van der Waals surface area contributed by atoms with E-state index in [9.17, 15) is 14.4 Å². The smallest absolute Gasteiger partial charge is 0.335 e. The van der Waals surface area contributed by atoms with Gasteiger partial charge in [0.05, 0.1) is 12.3 Å². The number of aryl methyl sites for hydroxylation is 1. The van der Waals surface area contributed by atoms with Crippen LogP contribution in [0.2, 0.25) is 5.02 Å². The number of rotatable bonds is 9. The van der Waals surface area contributed by atoms with Crippen molar-refractivity contribution in [3.05, 3.63) is 106 Å². The molecule has 1 aliphatic heterocycles. The summed E-state index contributed by atoms with van der Waals surface area (Å²) < 4.78 is 12.0. The van der Waals surface area contributed by atoms with E-state index in [4.69, 9.17) is 21.1 Å². The Morgan fingerprint density at radius 1 is 1.03 bits per heavy atom. The van der Waals surface area contributed by atoms with Gasteiger partial charge in [0.1, 0.15) is 12.2 Å². The monoisotopic (exact) mass is 530 g/mol. The number of hydrogen-bond acceptors (Lipinski definition) is 5. The number of nitrogens with zero attached hydrogens (tertiary/aromatic N) is 1. The fourth-order valence-corrected chi connectivity index (χ4v) is 4.26. The van der Waals surface area contributed by atoms with Gasteiger partial charge in [0.15, 0.2) is 11.5 Å². The van der Waals surface area contributed by atoms with Crippen LogP contribution in [0, 0.1) is 6.92 Å². The number of ether oxygens (including phenoxy) is 2. The molecule has 3 aromatic rings. The zero-order valence-electron chi connectivity index (χ0n) is 21.1. The second-order valence-electron chi connectivity index (χ2n) is 8.60. The molecule has 7 nitrogen and oxygen atoms in total. The number of carbonyl (C=O) groups is 3. The van der Waals surface area contributed by atoms with Crippen molar-refractivity contribution in [2.24, 2.45) is 0 Å². The van der Waals surface area contributed by atoms with Gasteiger partial charge in [-0.15, -0.1) is 6.58 Å². The van der Waals surface area contributed by atoms with Crippen LogP contribution in [0.25, 0.3) is 6.08 Å². The number of nitrogens with one attached hydrogen (secondary N) is 1. The van der Waals surface area contributed by atoms with Crippen molar-refractivity contribution in [3.63, 3.8) is 0 Å². The number of urea groups is 1. The van der Waals surface area contributed by atoms with E-state index < -0.39 is 17.8 Å². The van der Waals surface area contributed by atoms with Crippen molar-refractivity contribution in [2.45, 2.75) is 26.9 Å². The molecule has 0 aliphatic carbocycles. The lowest BCUT2D eigenvalue weighted by molar-refractivity contribution is -0.122. The summed E-state index contributed by atoms with van der Waals surface area (Å²) in [4.78, 5) is 39.7. The molecule has 1 fully saturated rings. The van der Waals surface area contributed by atoms with Gasteiger partial charge in [0.25, 0.3) is 11.8 Å². The molecular formula is C30H27ClN2O5. The lowest BCUT2D eigenvalue weighted by Crippen LogP contribution is -2.54. The third kappa shape index (κ3) is 5.79. The van der Waals surface area contributed by atoms with E-state index in [1.54, 1.807) is 31.2 Å². The number of halogens is 1. The number of carbonyl (C=O) groups excluding carboxylic acids is 3. The fourth-order valence-electron chi connectivity index (χ4n) is 4.10. The zero-order valence-corrected chi connectivity index (χ0v) is 21.9. The van der Waals surface area contributed by atoms with Crippen molar-refractivity contribution in [2.75, 3.05) is 11.5 Å². The molecule has 1 heterocycles. The van der Waals surface area contributed by atoms with Crippen LogP contribution in [0.3, 0.4) is 0 Å². The molecule has 0 saturated carbocycles. The van der Waals surface area contributed by atoms with Gasteiger partial charge in [-0.25, -0.2) is 9.69 Å². The molecule has 194 valence electrons. The third-order valence-electron chi connectivity index (χ3n) is 5.87. The van der Waals surface area contributed by atoms with Gasteiger partial charge >= 0.3 is 6.03 Å². The second-order valence-corrected chi connectivity index (χ2v) is 9.03. The molecule has 3 aromatic carbocycles. The minimum atomic E-state index is -0.838. The molecule has 0 spiro atoms. The van der Waals surface area contributed by atoms with Crippen LogP contribution in [0.15, 0.2) is 78.9 Å². The van der Waals surface area contributed by atoms with Gasteiger partial charge in [0.2, 0.25) is 0 Å². The second kappa shape index (κ2) is 11.8. The highest BCUT2D eigenvalue weighted by Crippen LogP contribution is 2.36. The molecule has 1 aliphatic rings. The average Bonchev–Trinajstić information content (AvgIpc) is 2.89. The zero-order chi connectivity index (χ0) is 27.2. The van der Waals surface area contributed by atoms with Crippen molar-refractivity contribution < 1.29 is 23.9 Å². The van der Waals surface area contributed by atoms with Gasteiger partial charge < -0.3 is 9.47 Å². The number of imide groups is 2. The third-order valence-corrected chi connectivity index (χ3v) is 6.10. The average molecular weight is 531 g/mol. The highest BCUT2D eigenvalue weighted by molar-refractivity contribution is 6.39. The Kier molecular flexibility index (Phi) is 8.28. The Morgan fingerprint density at radius 3 is 2.50 bits per heavy atom. The molecule has 0 bridgehead atoms. The maximum absolute atomic E-state index is 13.4. The van der Waals surface area contributed by atoms with Crippen LogP contribution in [0.4, 0.5) is 10.5 Å². The summed E-state index contributed by atoms with van der Waals surface area (Å²) in [5.74, 6) is -0.513. The highest BCUT2D eigenvalue weighted by Gasteiger charge is 2.37. The molecule has 0 atom stereocenters. The summed E-state index contributed by atoms with van der Waals surface area (Å²) in [5.41, 5.74) is 3.05. The standard InChI is InChI=1S/C30H27ClN2O5/c1-4-9-22-14-21(16-26(37-5-2)27(22)38-18-20-10-7-6-8-11-20)15-24-28(34)32-30(36)33(29(24)35)25-17-23(31)13-12-19(25)3/h4,6-8,10-17H,1,5,9,18H2,2-3H3,(H,32,34,36)/b24-15+. The maximum Gasteiger partial charge on any atom is 0.335 e. The Labute approximate surface area is 226 Å². The van der Waals surface area contributed by atoms with Crippen LogP contribution >= 0.6 is 11.6 Å². The fraction of sp³-hybridized carbons (Fsp3) is 0.167. The lowest BCUT2D eigenvalue weighted by atomic mass is 10.0. The lowest BCUT2D eigenvalue weighted by Gasteiger charge is -2.27. The number of anilines is 1. The predicted octanol–water partition coefficient (Wildman–Crippen LogP) is 6.02. The van der Waals surface area contributed by atoms with Crippen LogP contribution in [-0.2, 0) is 22.6 Å². The summed E-state index contributed by atoms with van der Waals surface area (Å²) in [6, 6.07) is 17.3. The number of hydrogen-bond donors (Lipinski definition) is 1. The van der Waals surface area contributed by atoms with E-state index >= 15 is 0 Å². The number of allylic oxidation sites excluding steroid dienone is 1. The van der Waals surface area contributed by atoms with Crippen molar-refractivity contribution in [1.29, 1.82) is 0 Å². The Morgan fingerprint density at radius 2 is 1.79 bits per heavy atom. The summed E-state index contributed by atoms with van der Waals surface area (Å²) in [6.45, 7) is 8.16. The van der Waals surface area contributed by atoms with Crippen LogP contribution in [0.1, 0.15) is 29.2 Å². The molecular weight excluding hydrogens is 504 g/mol. The maximum atomic E-state index is 13.4. The largest absolute Gasteiger partial charge is 0.490 e. The number of barbiturate groups is 1. The molecule has 8 heteroatoms. The number of benzene rings is 3. The first-order valence-electron chi connectivity index (χ1n) is 12.1. The van der Waals surface area contributed by atoms with Crippen LogP contribution in [0.5, 0.6) is 11.5 Å². The molecule has 0 radical (unpaired) electrons. The van der Waals surface area contributed by atoms with Crippen molar-refractivity contribution in [1.82, 2.24) is 5.32 Å².